The fourth-order valence-electron chi connectivity index (χ4n) is 1.86. The molecule has 3 nitrogen and oxygen atoms in total. The Labute approximate surface area is 125 Å². The number of nitrogen functional groups attached to an aromatic ring is 1. The molecule has 2 aromatic rings. The zero-order chi connectivity index (χ0) is 14.7. The van der Waals surface area contributed by atoms with E-state index >= 15 is 0 Å². The summed E-state index contributed by atoms with van der Waals surface area (Å²) in [5.41, 5.74) is 7.49. The summed E-state index contributed by atoms with van der Waals surface area (Å²) in [5.74, 6) is 0.154. The molecule has 104 valence electrons. The van der Waals surface area contributed by atoms with Gasteiger partial charge in [0.15, 0.2) is 0 Å². The van der Waals surface area contributed by atoms with Gasteiger partial charge in [-0.2, -0.15) is 0 Å². The molecule has 0 radical (unpaired) electrons. The van der Waals surface area contributed by atoms with Gasteiger partial charge >= 0.3 is 0 Å². The van der Waals surface area contributed by atoms with Crippen molar-refractivity contribution in [3.63, 3.8) is 0 Å². The van der Waals surface area contributed by atoms with Crippen LogP contribution < -0.4 is 10.5 Å². The monoisotopic (exact) mass is 336 g/mol. The highest BCUT2D eigenvalue weighted by atomic mass is 79.9. The smallest absolute Gasteiger partial charge is 0.123 e. The summed E-state index contributed by atoms with van der Waals surface area (Å²) in [4.78, 5) is 0. The Balaban J connectivity index is 2.20. The van der Waals surface area contributed by atoms with E-state index < -0.39 is 5.82 Å². The summed E-state index contributed by atoms with van der Waals surface area (Å²) < 4.78 is 19.9. The lowest BCUT2D eigenvalue weighted by Gasteiger charge is -2.12. The number of rotatable bonds is 4. The minimum atomic E-state index is -0.418. The molecular formula is C15H14BrFN2O. The van der Waals surface area contributed by atoms with Crippen LogP contribution in [0.2, 0.25) is 0 Å². The highest BCUT2D eigenvalue weighted by Gasteiger charge is 2.08. The summed E-state index contributed by atoms with van der Waals surface area (Å²) >= 11 is 3.39. The average Bonchev–Trinajstić information content (AvgIpc) is 2.38. The second kappa shape index (κ2) is 6.05. The normalized spacial score (nSPS) is 10.3. The lowest BCUT2D eigenvalue weighted by atomic mass is 10.1. The summed E-state index contributed by atoms with van der Waals surface area (Å²) in [6.45, 7) is 2.17. The lowest BCUT2D eigenvalue weighted by molar-refractivity contribution is 0.303. The van der Waals surface area contributed by atoms with Crippen LogP contribution in [0.3, 0.4) is 0 Å². The van der Waals surface area contributed by atoms with Crippen molar-refractivity contribution < 1.29 is 9.13 Å². The van der Waals surface area contributed by atoms with Crippen LogP contribution in [0.25, 0.3) is 0 Å². The van der Waals surface area contributed by atoms with Crippen molar-refractivity contribution in [3.8, 4) is 5.75 Å². The Morgan fingerprint density at radius 1 is 1.30 bits per heavy atom. The molecule has 0 saturated carbocycles. The SMILES string of the molecule is Cc1cc(Br)ccc1OCc1ccc(F)cc1C(=N)N. The molecule has 0 amide bonds. The first-order chi connectivity index (χ1) is 9.47. The molecule has 0 fully saturated rings. The van der Waals surface area contributed by atoms with E-state index in [-0.39, 0.29) is 12.4 Å². The van der Waals surface area contributed by atoms with E-state index in [0.717, 1.165) is 15.8 Å². The van der Waals surface area contributed by atoms with Crippen LogP contribution in [-0.2, 0) is 6.61 Å². The van der Waals surface area contributed by atoms with Gasteiger partial charge in [0.25, 0.3) is 0 Å². The van der Waals surface area contributed by atoms with Crippen molar-refractivity contribution >= 4 is 21.8 Å². The van der Waals surface area contributed by atoms with E-state index in [2.05, 4.69) is 15.9 Å². The molecular weight excluding hydrogens is 323 g/mol. The van der Waals surface area contributed by atoms with Crippen molar-refractivity contribution in [3.05, 3.63) is 63.4 Å². The number of hydrogen-bond donors (Lipinski definition) is 2. The molecule has 2 rings (SSSR count). The van der Waals surface area contributed by atoms with E-state index in [9.17, 15) is 4.39 Å². The molecule has 0 aromatic heterocycles. The van der Waals surface area contributed by atoms with Crippen molar-refractivity contribution in [1.82, 2.24) is 0 Å². The molecule has 0 heterocycles. The van der Waals surface area contributed by atoms with Gasteiger partial charge in [0.1, 0.15) is 24.0 Å². The number of amidine groups is 1. The molecule has 0 saturated heterocycles. The largest absolute Gasteiger partial charge is 0.489 e. The second-order valence-electron chi connectivity index (χ2n) is 4.41. The molecule has 0 aliphatic carbocycles. The second-order valence-corrected chi connectivity index (χ2v) is 5.33. The first-order valence-electron chi connectivity index (χ1n) is 5.99. The van der Waals surface area contributed by atoms with Gasteiger partial charge in [-0.15, -0.1) is 0 Å². The van der Waals surface area contributed by atoms with E-state index in [1.807, 2.05) is 25.1 Å². The van der Waals surface area contributed by atoms with Crippen LogP contribution in [0.15, 0.2) is 40.9 Å². The Hall–Kier alpha value is -1.88. The number of halogens is 2. The third-order valence-electron chi connectivity index (χ3n) is 2.88. The van der Waals surface area contributed by atoms with Crippen molar-refractivity contribution in [2.75, 3.05) is 0 Å². The van der Waals surface area contributed by atoms with Crippen molar-refractivity contribution in [2.24, 2.45) is 5.73 Å². The topological polar surface area (TPSA) is 59.1 Å². The van der Waals surface area contributed by atoms with Gasteiger partial charge in [-0.05, 0) is 42.8 Å². The number of benzene rings is 2. The summed E-state index contributed by atoms with van der Waals surface area (Å²) in [6, 6.07) is 9.86. The predicted molar refractivity (Wildman–Crippen MR) is 80.6 cm³/mol. The Morgan fingerprint density at radius 3 is 2.70 bits per heavy atom. The van der Waals surface area contributed by atoms with Gasteiger partial charge in [0.2, 0.25) is 0 Å². The zero-order valence-electron chi connectivity index (χ0n) is 10.9. The summed E-state index contributed by atoms with van der Waals surface area (Å²) in [7, 11) is 0. The number of hydrogen-bond acceptors (Lipinski definition) is 2. The van der Waals surface area contributed by atoms with Crippen molar-refractivity contribution in [1.29, 1.82) is 5.41 Å². The van der Waals surface area contributed by atoms with Crippen LogP contribution in [-0.4, -0.2) is 5.84 Å². The maximum Gasteiger partial charge on any atom is 0.123 e. The Morgan fingerprint density at radius 2 is 2.05 bits per heavy atom. The molecule has 3 N–H and O–H groups in total. The number of aryl methyl sites for hydroxylation is 1. The maximum atomic E-state index is 13.2. The third kappa shape index (κ3) is 3.36. The predicted octanol–water partition coefficient (Wildman–Crippen LogP) is 3.76. The minimum Gasteiger partial charge on any atom is -0.489 e. The highest BCUT2D eigenvalue weighted by Crippen LogP contribution is 2.23. The average molecular weight is 337 g/mol. The van der Waals surface area contributed by atoms with Gasteiger partial charge in [-0.1, -0.05) is 22.0 Å². The molecule has 0 aliphatic heterocycles. The molecule has 2 aromatic carbocycles. The highest BCUT2D eigenvalue weighted by molar-refractivity contribution is 9.10. The number of ether oxygens (including phenoxy) is 1. The lowest BCUT2D eigenvalue weighted by Crippen LogP contribution is -2.15. The van der Waals surface area contributed by atoms with E-state index in [0.29, 0.717) is 11.1 Å². The van der Waals surface area contributed by atoms with Crippen LogP contribution >= 0.6 is 15.9 Å². The third-order valence-corrected chi connectivity index (χ3v) is 3.38. The molecule has 5 heteroatoms. The first-order valence-corrected chi connectivity index (χ1v) is 6.78. The fourth-order valence-corrected chi connectivity index (χ4v) is 2.33. The summed E-state index contributed by atoms with van der Waals surface area (Å²) in [5, 5.41) is 7.48. The molecule has 20 heavy (non-hydrogen) atoms. The van der Waals surface area contributed by atoms with Gasteiger partial charge in [-0.25, -0.2) is 4.39 Å². The van der Waals surface area contributed by atoms with Crippen molar-refractivity contribution in [2.45, 2.75) is 13.5 Å². The standard InChI is InChI=1S/C15H14BrFN2O/c1-9-6-11(16)3-5-14(9)20-8-10-2-4-12(17)7-13(10)15(18)19/h2-7H,8H2,1H3,(H3,18,19). The Bertz CT molecular complexity index is 658. The van der Waals surface area contributed by atoms with Crippen LogP contribution in [0.4, 0.5) is 4.39 Å². The number of nitrogens with two attached hydrogens (primary N) is 1. The van der Waals surface area contributed by atoms with Crippen LogP contribution in [0, 0.1) is 18.2 Å². The first kappa shape index (κ1) is 14.5. The van der Waals surface area contributed by atoms with E-state index in [1.165, 1.54) is 12.1 Å². The van der Waals surface area contributed by atoms with Gasteiger partial charge in [-0.3, -0.25) is 5.41 Å². The molecule has 0 unspecified atom stereocenters. The molecule has 0 spiro atoms. The minimum absolute atomic E-state index is 0.171. The molecule has 0 aliphatic rings. The number of nitrogens with one attached hydrogen (secondary N) is 1. The summed E-state index contributed by atoms with van der Waals surface area (Å²) in [6.07, 6.45) is 0. The van der Waals surface area contributed by atoms with Crippen LogP contribution in [0.1, 0.15) is 16.7 Å². The quantitative estimate of drug-likeness (QED) is 0.659. The van der Waals surface area contributed by atoms with Gasteiger partial charge < -0.3 is 10.5 Å². The molecule has 0 atom stereocenters. The van der Waals surface area contributed by atoms with Gasteiger partial charge in [0.05, 0.1) is 0 Å². The molecule has 0 bridgehead atoms. The Kier molecular flexibility index (Phi) is 4.39. The van der Waals surface area contributed by atoms with E-state index in [1.54, 1.807) is 6.07 Å². The van der Waals surface area contributed by atoms with E-state index in [4.69, 9.17) is 15.9 Å². The maximum absolute atomic E-state index is 13.2. The van der Waals surface area contributed by atoms with Gasteiger partial charge in [0, 0.05) is 15.6 Å². The zero-order valence-corrected chi connectivity index (χ0v) is 12.5. The fraction of sp³-hybridized carbons (Fsp3) is 0.133. The van der Waals surface area contributed by atoms with Crippen LogP contribution in [0.5, 0.6) is 5.75 Å².